The van der Waals surface area contributed by atoms with E-state index >= 15 is 0 Å². The van der Waals surface area contributed by atoms with Crippen LogP contribution >= 0.6 is 0 Å². The maximum atomic E-state index is 12.4. The number of rotatable bonds is 6. The van der Waals surface area contributed by atoms with E-state index in [1.165, 1.54) is 6.07 Å². The normalized spacial score (nSPS) is 14.3. The number of carbonyl (C=O) groups is 1. The third-order valence-electron chi connectivity index (χ3n) is 5.81. The Hall–Kier alpha value is -4.14. The first kappa shape index (κ1) is 21.7. The number of carbonyl (C=O) groups excluding carboxylic acids is 1. The molecule has 34 heavy (non-hydrogen) atoms. The molecule has 3 aromatic heterocycles. The van der Waals surface area contributed by atoms with Crippen LogP contribution in [0.4, 0.5) is 0 Å². The SMILES string of the molecule is Cn1cc(-n2ccc(=O)c(Cc3cccc(-c4ncc(OC5CCC(=O)CC5)cn4)c3)n2)cn1. The van der Waals surface area contributed by atoms with E-state index in [9.17, 15) is 9.59 Å². The third-order valence-corrected chi connectivity index (χ3v) is 5.81. The minimum absolute atomic E-state index is 0.0320. The van der Waals surface area contributed by atoms with Crippen molar-refractivity contribution in [3.63, 3.8) is 0 Å². The van der Waals surface area contributed by atoms with Crippen LogP contribution in [0.3, 0.4) is 0 Å². The summed E-state index contributed by atoms with van der Waals surface area (Å²) in [5.74, 6) is 1.47. The van der Waals surface area contributed by atoms with Crippen LogP contribution in [-0.2, 0) is 18.3 Å². The van der Waals surface area contributed by atoms with Crippen LogP contribution in [-0.4, -0.2) is 41.4 Å². The smallest absolute Gasteiger partial charge is 0.203 e. The molecule has 0 radical (unpaired) electrons. The Morgan fingerprint density at radius 3 is 2.59 bits per heavy atom. The lowest BCUT2D eigenvalue weighted by Crippen LogP contribution is -2.24. The molecule has 0 aliphatic heterocycles. The van der Waals surface area contributed by atoms with Gasteiger partial charge in [-0.2, -0.15) is 10.2 Å². The Labute approximate surface area is 196 Å². The number of nitrogens with zero attached hydrogens (tertiary/aromatic N) is 6. The van der Waals surface area contributed by atoms with E-state index in [1.54, 1.807) is 34.2 Å². The van der Waals surface area contributed by atoms with Crippen molar-refractivity contribution in [2.75, 3.05) is 0 Å². The van der Waals surface area contributed by atoms with Crippen molar-refractivity contribution >= 4 is 5.78 Å². The number of hydrogen-bond donors (Lipinski definition) is 0. The molecule has 172 valence electrons. The lowest BCUT2D eigenvalue weighted by Gasteiger charge is -2.21. The number of aryl methyl sites for hydroxylation is 1. The van der Waals surface area contributed by atoms with Gasteiger partial charge in [0.05, 0.1) is 30.9 Å². The Morgan fingerprint density at radius 2 is 1.85 bits per heavy atom. The van der Waals surface area contributed by atoms with E-state index in [0.717, 1.165) is 29.7 Å². The monoisotopic (exact) mass is 456 g/mol. The summed E-state index contributed by atoms with van der Waals surface area (Å²) in [6.07, 6.45) is 11.5. The zero-order valence-corrected chi connectivity index (χ0v) is 18.8. The molecular weight excluding hydrogens is 432 g/mol. The van der Waals surface area contributed by atoms with Crippen molar-refractivity contribution in [1.29, 1.82) is 0 Å². The molecule has 0 N–H and O–H groups in total. The molecule has 0 amide bonds. The average molecular weight is 457 g/mol. The third kappa shape index (κ3) is 4.93. The van der Waals surface area contributed by atoms with Gasteiger partial charge in [-0.25, -0.2) is 14.6 Å². The summed E-state index contributed by atoms with van der Waals surface area (Å²) in [4.78, 5) is 32.7. The van der Waals surface area contributed by atoms with Gasteiger partial charge in [0.2, 0.25) is 5.43 Å². The van der Waals surface area contributed by atoms with E-state index in [-0.39, 0.29) is 11.5 Å². The number of Topliss-reactive ketones (excluding diaryl/α,β-unsaturated/α-hetero) is 1. The highest BCUT2D eigenvalue weighted by atomic mass is 16.5. The molecule has 0 saturated heterocycles. The van der Waals surface area contributed by atoms with Gasteiger partial charge in [-0.3, -0.25) is 14.3 Å². The fourth-order valence-electron chi connectivity index (χ4n) is 4.00. The van der Waals surface area contributed by atoms with Crippen LogP contribution in [0.5, 0.6) is 5.75 Å². The molecule has 1 aliphatic carbocycles. The summed E-state index contributed by atoms with van der Waals surface area (Å²) in [5, 5.41) is 8.66. The fraction of sp³-hybridized carbons (Fsp3) is 0.280. The molecule has 1 aromatic carbocycles. The van der Waals surface area contributed by atoms with E-state index in [2.05, 4.69) is 20.2 Å². The second kappa shape index (κ2) is 9.38. The van der Waals surface area contributed by atoms with Gasteiger partial charge in [-0.05, 0) is 24.5 Å². The van der Waals surface area contributed by atoms with Gasteiger partial charge in [-0.1, -0.05) is 18.2 Å². The molecule has 9 nitrogen and oxygen atoms in total. The molecule has 4 aromatic rings. The zero-order valence-electron chi connectivity index (χ0n) is 18.8. The van der Waals surface area contributed by atoms with Gasteiger partial charge in [0, 0.05) is 44.1 Å². The Morgan fingerprint density at radius 1 is 1.06 bits per heavy atom. The van der Waals surface area contributed by atoms with E-state index in [4.69, 9.17) is 4.74 Å². The Balaban J connectivity index is 1.31. The predicted molar refractivity (Wildman–Crippen MR) is 125 cm³/mol. The largest absolute Gasteiger partial charge is 0.487 e. The topological polar surface area (TPSA) is 105 Å². The van der Waals surface area contributed by atoms with E-state index < -0.39 is 0 Å². The number of benzene rings is 1. The van der Waals surface area contributed by atoms with Crippen molar-refractivity contribution < 1.29 is 9.53 Å². The first-order valence-corrected chi connectivity index (χ1v) is 11.2. The summed E-state index contributed by atoms with van der Waals surface area (Å²) in [7, 11) is 1.83. The summed E-state index contributed by atoms with van der Waals surface area (Å²) in [6.45, 7) is 0. The highest BCUT2D eigenvalue weighted by Gasteiger charge is 2.20. The molecule has 0 spiro atoms. The second-order valence-electron chi connectivity index (χ2n) is 8.42. The summed E-state index contributed by atoms with van der Waals surface area (Å²) >= 11 is 0. The van der Waals surface area contributed by atoms with Gasteiger partial charge < -0.3 is 4.74 Å². The molecule has 0 atom stereocenters. The van der Waals surface area contributed by atoms with Crippen molar-refractivity contribution in [3.05, 3.63) is 82.8 Å². The quantitative estimate of drug-likeness (QED) is 0.439. The van der Waals surface area contributed by atoms with Crippen LogP contribution in [0.25, 0.3) is 17.1 Å². The lowest BCUT2D eigenvalue weighted by molar-refractivity contribution is -0.121. The minimum atomic E-state index is -0.118. The number of ether oxygens (including phenoxy) is 1. The Kier molecular flexibility index (Phi) is 5.99. The molecule has 5 rings (SSSR count). The van der Waals surface area contributed by atoms with Gasteiger partial charge in [0.15, 0.2) is 11.6 Å². The molecular formula is C25H24N6O3. The summed E-state index contributed by atoms with van der Waals surface area (Å²) < 4.78 is 9.27. The lowest BCUT2D eigenvalue weighted by atomic mass is 9.96. The zero-order chi connectivity index (χ0) is 23.5. The molecule has 0 unspecified atom stereocenters. The van der Waals surface area contributed by atoms with Crippen molar-refractivity contribution in [1.82, 2.24) is 29.5 Å². The first-order valence-electron chi connectivity index (χ1n) is 11.2. The maximum Gasteiger partial charge on any atom is 0.203 e. The first-order chi connectivity index (χ1) is 16.5. The van der Waals surface area contributed by atoms with Gasteiger partial charge in [0.25, 0.3) is 0 Å². The Bertz CT molecular complexity index is 1370. The standard InChI is InChI=1S/C25H24N6O3/c1-30-16-19(13-28-30)31-10-9-24(33)23(29-31)12-17-3-2-4-18(11-17)25-26-14-22(15-27-25)34-21-7-5-20(32)6-8-21/h2-4,9-11,13-16,21H,5-8,12H2,1H3. The maximum absolute atomic E-state index is 12.4. The van der Waals surface area contributed by atoms with Gasteiger partial charge in [-0.15, -0.1) is 0 Å². The van der Waals surface area contributed by atoms with Crippen molar-refractivity contribution in [3.8, 4) is 22.8 Å². The molecule has 1 saturated carbocycles. The average Bonchev–Trinajstić information content (AvgIpc) is 3.29. The molecule has 9 heteroatoms. The highest BCUT2D eigenvalue weighted by molar-refractivity contribution is 5.79. The van der Waals surface area contributed by atoms with Crippen molar-refractivity contribution in [2.24, 2.45) is 7.05 Å². The second-order valence-corrected chi connectivity index (χ2v) is 8.42. The number of aromatic nitrogens is 6. The van der Waals surface area contributed by atoms with Crippen LogP contribution in [0.2, 0.25) is 0 Å². The van der Waals surface area contributed by atoms with Crippen LogP contribution in [0.15, 0.2) is 66.1 Å². The summed E-state index contributed by atoms with van der Waals surface area (Å²) in [6, 6.07) is 9.28. The van der Waals surface area contributed by atoms with Gasteiger partial charge in [0.1, 0.15) is 17.2 Å². The van der Waals surface area contributed by atoms with Gasteiger partial charge >= 0.3 is 0 Å². The molecule has 3 heterocycles. The molecule has 1 aliphatic rings. The number of hydrogen-bond acceptors (Lipinski definition) is 7. The van der Waals surface area contributed by atoms with E-state index in [1.807, 2.05) is 37.5 Å². The van der Waals surface area contributed by atoms with Crippen LogP contribution < -0.4 is 10.2 Å². The highest BCUT2D eigenvalue weighted by Crippen LogP contribution is 2.23. The van der Waals surface area contributed by atoms with Crippen molar-refractivity contribution in [2.45, 2.75) is 38.2 Å². The molecule has 0 bridgehead atoms. The predicted octanol–water partition coefficient (Wildman–Crippen LogP) is 2.90. The fourth-order valence-corrected chi connectivity index (χ4v) is 4.00. The van der Waals surface area contributed by atoms with Crippen LogP contribution in [0.1, 0.15) is 36.9 Å². The molecule has 1 fully saturated rings. The number of ketones is 1. The van der Waals surface area contributed by atoms with E-state index in [0.29, 0.717) is 42.3 Å². The van der Waals surface area contributed by atoms with Crippen LogP contribution in [0, 0.1) is 0 Å². The minimum Gasteiger partial charge on any atom is -0.487 e. The summed E-state index contributed by atoms with van der Waals surface area (Å²) in [5.41, 5.74) is 2.89.